The lowest BCUT2D eigenvalue weighted by Gasteiger charge is -2.34. The lowest BCUT2D eigenvalue weighted by atomic mass is 10.2. The molecule has 2 atom stereocenters. The molecule has 2 aliphatic heterocycles. The van der Waals surface area contributed by atoms with Crippen molar-refractivity contribution in [3.8, 4) is 0 Å². The van der Waals surface area contributed by atoms with Crippen molar-refractivity contribution in [1.82, 2.24) is 15.5 Å². The van der Waals surface area contributed by atoms with E-state index in [0.29, 0.717) is 6.04 Å². The fraction of sp³-hybridized carbons (Fsp3) is 1.00. The van der Waals surface area contributed by atoms with Gasteiger partial charge in [0.2, 0.25) is 0 Å². The normalized spacial score (nSPS) is 38.8. The summed E-state index contributed by atoms with van der Waals surface area (Å²) in [5.74, 6) is 0. The number of nitrogens with zero attached hydrogens (tertiary/aromatic N) is 1. The van der Waals surface area contributed by atoms with Gasteiger partial charge in [-0.2, -0.15) is 0 Å². The van der Waals surface area contributed by atoms with Gasteiger partial charge in [0.05, 0.1) is 0 Å². The van der Waals surface area contributed by atoms with Crippen molar-refractivity contribution in [3.05, 3.63) is 0 Å². The quantitative estimate of drug-likeness (QED) is 0.453. The second kappa shape index (κ2) is 3.70. The molecule has 4 nitrogen and oxygen atoms in total. The molecule has 70 valence electrons. The smallest absolute Gasteiger partial charge is 0.117 e. The molecule has 0 bridgehead atoms. The van der Waals surface area contributed by atoms with Crippen LogP contribution in [0.25, 0.3) is 0 Å². The molecule has 0 amide bonds. The molecule has 2 aliphatic rings. The second-order valence-corrected chi connectivity index (χ2v) is 3.61. The Balaban J connectivity index is 1.85. The zero-order valence-electron chi connectivity index (χ0n) is 7.29. The number of rotatable bonds is 1. The van der Waals surface area contributed by atoms with Crippen LogP contribution in [0.15, 0.2) is 0 Å². The van der Waals surface area contributed by atoms with Crippen LogP contribution in [-0.4, -0.2) is 55.0 Å². The third kappa shape index (κ3) is 1.77. The molecular formula is C8H17N3O. The van der Waals surface area contributed by atoms with E-state index < -0.39 is 0 Å². The van der Waals surface area contributed by atoms with Crippen LogP contribution in [0.4, 0.5) is 0 Å². The van der Waals surface area contributed by atoms with E-state index in [1.54, 1.807) is 0 Å². The van der Waals surface area contributed by atoms with E-state index in [-0.39, 0.29) is 6.23 Å². The molecule has 2 saturated heterocycles. The van der Waals surface area contributed by atoms with Crippen LogP contribution in [0, 0.1) is 0 Å². The molecule has 2 unspecified atom stereocenters. The first-order valence-electron chi connectivity index (χ1n) is 4.72. The summed E-state index contributed by atoms with van der Waals surface area (Å²) >= 11 is 0. The third-order valence-electron chi connectivity index (χ3n) is 2.74. The summed E-state index contributed by atoms with van der Waals surface area (Å²) in [6.07, 6.45) is 0.909. The molecule has 2 heterocycles. The fourth-order valence-corrected chi connectivity index (χ4v) is 2.04. The average Bonchev–Trinajstić information content (AvgIpc) is 2.56. The number of aliphatic hydroxyl groups is 1. The van der Waals surface area contributed by atoms with E-state index >= 15 is 0 Å². The molecule has 0 spiro atoms. The van der Waals surface area contributed by atoms with Crippen LogP contribution in [-0.2, 0) is 0 Å². The average molecular weight is 171 g/mol. The van der Waals surface area contributed by atoms with Crippen LogP contribution in [0.2, 0.25) is 0 Å². The Morgan fingerprint density at radius 1 is 1.33 bits per heavy atom. The SMILES string of the molecule is OC1CN(C2CCNC2)CCN1. The molecule has 0 aliphatic carbocycles. The zero-order chi connectivity index (χ0) is 8.39. The van der Waals surface area contributed by atoms with Crippen LogP contribution in [0.3, 0.4) is 0 Å². The van der Waals surface area contributed by atoms with Gasteiger partial charge in [0.1, 0.15) is 6.23 Å². The van der Waals surface area contributed by atoms with Gasteiger partial charge in [-0.3, -0.25) is 10.2 Å². The maximum absolute atomic E-state index is 9.37. The minimum absolute atomic E-state index is 0.320. The summed E-state index contributed by atoms with van der Waals surface area (Å²) in [6, 6.07) is 0.654. The van der Waals surface area contributed by atoms with Crippen LogP contribution in [0.1, 0.15) is 6.42 Å². The van der Waals surface area contributed by atoms with Crippen LogP contribution in [0.5, 0.6) is 0 Å². The summed E-state index contributed by atoms with van der Waals surface area (Å²) in [5.41, 5.74) is 0. The van der Waals surface area contributed by atoms with Crippen molar-refractivity contribution in [1.29, 1.82) is 0 Å². The minimum atomic E-state index is -0.320. The molecular weight excluding hydrogens is 154 g/mol. The summed E-state index contributed by atoms with van der Waals surface area (Å²) in [4.78, 5) is 2.38. The van der Waals surface area contributed by atoms with Crippen LogP contribution >= 0.6 is 0 Å². The predicted molar refractivity (Wildman–Crippen MR) is 46.9 cm³/mol. The first-order valence-corrected chi connectivity index (χ1v) is 4.72. The Hall–Kier alpha value is -0.160. The van der Waals surface area contributed by atoms with Crippen molar-refractivity contribution >= 4 is 0 Å². The zero-order valence-corrected chi connectivity index (χ0v) is 7.29. The molecule has 0 aromatic rings. The highest BCUT2D eigenvalue weighted by atomic mass is 16.3. The Kier molecular flexibility index (Phi) is 2.60. The lowest BCUT2D eigenvalue weighted by molar-refractivity contribution is 0.0371. The van der Waals surface area contributed by atoms with E-state index in [4.69, 9.17) is 0 Å². The Morgan fingerprint density at radius 3 is 2.92 bits per heavy atom. The Morgan fingerprint density at radius 2 is 2.25 bits per heavy atom. The highest BCUT2D eigenvalue weighted by molar-refractivity contribution is 4.84. The molecule has 3 N–H and O–H groups in total. The largest absolute Gasteiger partial charge is 0.377 e. The van der Waals surface area contributed by atoms with Gasteiger partial charge in [-0.15, -0.1) is 0 Å². The number of β-amino-alcohol motifs (C(OH)–C–C–N with tert-alkyl or cyclic N) is 1. The Bertz CT molecular complexity index is 147. The van der Waals surface area contributed by atoms with E-state index in [0.717, 1.165) is 32.7 Å². The summed E-state index contributed by atoms with van der Waals surface area (Å²) in [5, 5.41) is 15.7. The molecule has 0 saturated carbocycles. The maximum atomic E-state index is 9.37. The number of hydrogen-bond donors (Lipinski definition) is 3. The number of piperazine rings is 1. The van der Waals surface area contributed by atoms with Gasteiger partial charge in [0, 0.05) is 32.2 Å². The second-order valence-electron chi connectivity index (χ2n) is 3.61. The number of nitrogens with one attached hydrogen (secondary N) is 2. The first kappa shape index (κ1) is 8.44. The standard InChI is InChI=1S/C8H17N3O/c12-8-6-11(4-3-10-8)7-1-2-9-5-7/h7-10,12H,1-6H2. The summed E-state index contributed by atoms with van der Waals surface area (Å²) < 4.78 is 0. The predicted octanol–water partition coefficient (Wildman–Crippen LogP) is -1.43. The summed E-state index contributed by atoms with van der Waals surface area (Å²) in [7, 11) is 0. The molecule has 0 radical (unpaired) electrons. The van der Waals surface area contributed by atoms with E-state index in [1.165, 1.54) is 6.42 Å². The molecule has 2 fully saturated rings. The number of hydrogen-bond acceptors (Lipinski definition) is 4. The van der Waals surface area contributed by atoms with Gasteiger partial charge < -0.3 is 10.4 Å². The lowest BCUT2D eigenvalue weighted by Crippen LogP contribution is -2.54. The fourth-order valence-electron chi connectivity index (χ4n) is 2.04. The number of aliphatic hydroxyl groups excluding tert-OH is 1. The van der Waals surface area contributed by atoms with Gasteiger partial charge in [0.25, 0.3) is 0 Å². The highest BCUT2D eigenvalue weighted by Crippen LogP contribution is 2.09. The van der Waals surface area contributed by atoms with Gasteiger partial charge in [0.15, 0.2) is 0 Å². The van der Waals surface area contributed by atoms with Gasteiger partial charge in [-0.25, -0.2) is 0 Å². The topological polar surface area (TPSA) is 47.5 Å². The van der Waals surface area contributed by atoms with Crippen molar-refractivity contribution in [2.45, 2.75) is 18.7 Å². The molecule has 0 aromatic carbocycles. The maximum Gasteiger partial charge on any atom is 0.117 e. The molecule has 0 aromatic heterocycles. The van der Waals surface area contributed by atoms with Crippen molar-refractivity contribution < 1.29 is 5.11 Å². The first-order chi connectivity index (χ1) is 5.86. The van der Waals surface area contributed by atoms with E-state index in [2.05, 4.69) is 15.5 Å². The summed E-state index contributed by atoms with van der Waals surface area (Å²) in [6.45, 7) is 4.99. The minimum Gasteiger partial charge on any atom is -0.377 e. The van der Waals surface area contributed by atoms with Gasteiger partial charge in [-0.1, -0.05) is 0 Å². The monoisotopic (exact) mass is 171 g/mol. The van der Waals surface area contributed by atoms with E-state index in [9.17, 15) is 5.11 Å². The van der Waals surface area contributed by atoms with Crippen molar-refractivity contribution in [2.24, 2.45) is 0 Å². The molecule has 4 heteroatoms. The van der Waals surface area contributed by atoms with Crippen molar-refractivity contribution in [2.75, 3.05) is 32.7 Å². The molecule has 12 heavy (non-hydrogen) atoms. The van der Waals surface area contributed by atoms with Crippen molar-refractivity contribution in [3.63, 3.8) is 0 Å². The van der Waals surface area contributed by atoms with E-state index in [1.807, 2.05) is 0 Å². The third-order valence-corrected chi connectivity index (χ3v) is 2.74. The Labute approximate surface area is 72.9 Å². The highest BCUT2D eigenvalue weighted by Gasteiger charge is 2.26. The van der Waals surface area contributed by atoms with Gasteiger partial charge >= 0.3 is 0 Å². The van der Waals surface area contributed by atoms with Crippen LogP contribution < -0.4 is 10.6 Å². The molecule has 2 rings (SSSR count). The van der Waals surface area contributed by atoms with Gasteiger partial charge in [-0.05, 0) is 13.0 Å².